The highest BCUT2D eigenvalue weighted by Crippen LogP contribution is 2.24. The van der Waals surface area contributed by atoms with E-state index >= 15 is 0 Å². The van der Waals surface area contributed by atoms with E-state index in [1.54, 1.807) is 12.4 Å². The summed E-state index contributed by atoms with van der Waals surface area (Å²) < 4.78 is 0. The maximum absolute atomic E-state index is 4.37. The quantitative estimate of drug-likeness (QED) is 0.792. The highest BCUT2D eigenvalue weighted by Gasteiger charge is 2.14. The summed E-state index contributed by atoms with van der Waals surface area (Å²) in [5.74, 6) is 2.50. The van der Waals surface area contributed by atoms with Crippen LogP contribution in [0, 0.1) is 5.92 Å². The molecule has 0 aromatic carbocycles. The Bertz CT molecular complexity index is 307. The van der Waals surface area contributed by atoms with Gasteiger partial charge >= 0.3 is 0 Å². The molecule has 1 heterocycles. The number of nitrogens with one attached hydrogen (secondary N) is 2. The lowest BCUT2D eigenvalue weighted by atomic mass is 10.1. The lowest BCUT2D eigenvalue weighted by molar-refractivity contribution is 0.579. The van der Waals surface area contributed by atoms with Crippen molar-refractivity contribution in [2.75, 3.05) is 24.2 Å². The van der Waals surface area contributed by atoms with Crippen molar-refractivity contribution in [2.24, 2.45) is 5.92 Å². The molecule has 1 aliphatic rings. The van der Waals surface area contributed by atoms with E-state index in [-0.39, 0.29) is 0 Å². The van der Waals surface area contributed by atoms with Gasteiger partial charge in [-0.15, -0.1) is 0 Å². The first kappa shape index (κ1) is 10.2. The molecule has 0 spiro atoms. The van der Waals surface area contributed by atoms with Crippen molar-refractivity contribution in [2.45, 2.75) is 25.7 Å². The molecule has 4 heteroatoms. The Balaban J connectivity index is 1.86. The van der Waals surface area contributed by atoms with E-state index in [4.69, 9.17) is 0 Å². The Morgan fingerprint density at radius 2 is 2.00 bits per heavy atom. The molecular weight excluding hydrogens is 188 g/mol. The van der Waals surface area contributed by atoms with Gasteiger partial charge in [0.1, 0.15) is 11.6 Å². The molecule has 0 unspecified atom stereocenters. The lowest BCUT2D eigenvalue weighted by Crippen LogP contribution is -2.12. The van der Waals surface area contributed by atoms with Gasteiger partial charge in [-0.2, -0.15) is 0 Å². The molecule has 1 aliphatic carbocycles. The van der Waals surface area contributed by atoms with Crippen molar-refractivity contribution < 1.29 is 0 Å². The van der Waals surface area contributed by atoms with Gasteiger partial charge in [0.25, 0.3) is 0 Å². The Hall–Kier alpha value is -1.32. The molecule has 1 fully saturated rings. The van der Waals surface area contributed by atoms with Crippen LogP contribution in [0.15, 0.2) is 12.4 Å². The predicted molar refractivity (Wildman–Crippen MR) is 62.0 cm³/mol. The maximum Gasteiger partial charge on any atom is 0.146 e. The Morgan fingerprint density at radius 1 is 1.27 bits per heavy atom. The van der Waals surface area contributed by atoms with Crippen molar-refractivity contribution in [3.8, 4) is 0 Å². The number of hydrogen-bond acceptors (Lipinski definition) is 4. The average molecular weight is 206 g/mol. The predicted octanol–water partition coefficient (Wildman–Crippen LogP) is 2.12. The van der Waals surface area contributed by atoms with Gasteiger partial charge in [0.05, 0.1) is 12.4 Å². The van der Waals surface area contributed by atoms with E-state index in [9.17, 15) is 0 Å². The topological polar surface area (TPSA) is 49.8 Å². The first-order valence-corrected chi connectivity index (χ1v) is 5.62. The third-order valence-corrected chi connectivity index (χ3v) is 2.94. The van der Waals surface area contributed by atoms with E-state index in [2.05, 4.69) is 20.6 Å². The Morgan fingerprint density at radius 3 is 2.73 bits per heavy atom. The van der Waals surface area contributed by atoms with Crippen LogP contribution in [-0.2, 0) is 0 Å². The minimum Gasteiger partial charge on any atom is -0.372 e. The maximum atomic E-state index is 4.37. The highest BCUT2D eigenvalue weighted by atomic mass is 15.1. The van der Waals surface area contributed by atoms with Crippen LogP contribution in [0.25, 0.3) is 0 Å². The van der Waals surface area contributed by atoms with Crippen LogP contribution in [0.1, 0.15) is 25.7 Å². The third kappa shape index (κ3) is 2.81. The fourth-order valence-electron chi connectivity index (χ4n) is 2.03. The standard InChI is InChI=1S/C11H18N4/c1-12-10-7-13-8-11(15-10)14-6-9-4-2-3-5-9/h7-9H,2-6H2,1H3,(H2,12,14,15). The molecule has 1 saturated carbocycles. The molecule has 0 saturated heterocycles. The van der Waals surface area contributed by atoms with Crippen molar-refractivity contribution in [1.82, 2.24) is 9.97 Å². The smallest absolute Gasteiger partial charge is 0.146 e. The third-order valence-electron chi connectivity index (χ3n) is 2.94. The molecule has 0 radical (unpaired) electrons. The fraction of sp³-hybridized carbons (Fsp3) is 0.636. The second-order valence-corrected chi connectivity index (χ2v) is 4.07. The van der Waals surface area contributed by atoms with E-state index in [0.29, 0.717) is 0 Å². The molecule has 0 atom stereocenters. The Labute approximate surface area is 90.5 Å². The van der Waals surface area contributed by atoms with Gasteiger partial charge in [0.2, 0.25) is 0 Å². The Kier molecular flexibility index (Phi) is 3.37. The summed E-state index contributed by atoms with van der Waals surface area (Å²) in [5, 5.41) is 6.33. The molecule has 1 aromatic rings. The van der Waals surface area contributed by atoms with Crippen molar-refractivity contribution in [3.05, 3.63) is 12.4 Å². The molecule has 2 N–H and O–H groups in total. The largest absolute Gasteiger partial charge is 0.372 e. The van der Waals surface area contributed by atoms with Crippen molar-refractivity contribution in [1.29, 1.82) is 0 Å². The normalized spacial score (nSPS) is 16.6. The summed E-state index contributed by atoms with van der Waals surface area (Å²) in [7, 11) is 1.85. The van der Waals surface area contributed by atoms with Gasteiger partial charge in [-0.05, 0) is 18.8 Å². The molecule has 15 heavy (non-hydrogen) atoms. The molecule has 0 amide bonds. The molecule has 0 aliphatic heterocycles. The monoisotopic (exact) mass is 206 g/mol. The van der Waals surface area contributed by atoms with E-state index in [1.165, 1.54) is 25.7 Å². The van der Waals surface area contributed by atoms with E-state index in [0.717, 1.165) is 24.1 Å². The highest BCUT2D eigenvalue weighted by molar-refractivity contribution is 5.40. The van der Waals surface area contributed by atoms with Gasteiger partial charge in [-0.25, -0.2) is 4.98 Å². The van der Waals surface area contributed by atoms with Gasteiger partial charge in [0, 0.05) is 13.6 Å². The molecule has 0 bridgehead atoms. The number of hydrogen-bond donors (Lipinski definition) is 2. The molecular formula is C11H18N4. The first-order chi connectivity index (χ1) is 7.38. The van der Waals surface area contributed by atoms with Gasteiger partial charge in [-0.1, -0.05) is 12.8 Å². The molecule has 4 nitrogen and oxygen atoms in total. The SMILES string of the molecule is CNc1cncc(NCC2CCCC2)n1. The van der Waals surface area contributed by atoms with Crippen LogP contribution in [0.3, 0.4) is 0 Å². The van der Waals surface area contributed by atoms with Crippen LogP contribution < -0.4 is 10.6 Å². The summed E-state index contributed by atoms with van der Waals surface area (Å²) in [6.07, 6.45) is 8.97. The minimum absolute atomic E-state index is 0.812. The summed E-state index contributed by atoms with van der Waals surface area (Å²) >= 11 is 0. The van der Waals surface area contributed by atoms with Crippen molar-refractivity contribution >= 4 is 11.6 Å². The fourth-order valence-corrected chi connectivity index (χ4v) is 2.03. The molecule has 82 valence electrons. The summed E-state index contributed by atoms with van der Waals surface area (Å²) in [5.41, 5.74) is 0. The lowest BCUT2D eigenvalue weighted by Gasteiger charge is -2.11. The van der Waals surface area contributed by atoms with Gasteiger partial charge in [0.15, 0.2) is 0 Å². The zero-order valence-corrected chi connectivity index (χ0v) is 9.16. The second-order valence-electron chi connectivity index (χ2n) is 4.07. The number of anilines is 2. The number of rotatable bonds is 4. The van der Waals surface area contributed by atoms with Crippen LogP contribution >= 0.6 is 0 Å². The van der Waals surface area contributed by atoms with E-state index < -0.39 is 0 Å². The van der Waals surface area contributed by atoms with E-state index in [1.807, 2.05) is 7.05 Å². The minimum atomic E-state index is 0.812. The van der Waals surface area contributed by atoms with Gasteiger partial charge < -0.3 is 10.6 Å². The second kappa shape index (κ2) is 4.96. The molecule has 1 aromatic heterocycles. The van der Waals surface area contributed by atoms with Crippen LogP contribution in [0.2, 0.25) is 0 Å². The summed E-state index contributed by atoms with van der Waals surface area (Å²) in [6.45, 7) is 1.03. The first-order valence-electron chi connectivity index (χ1n) is 5.62. The number of aromatic nitrogens is 2. The zero-order chi connectivity index (χ0) is 10.5. The summed E-state index contributed by atoms with van der Waals surface area (Å²) in [6, 6.07) is 0. The van der Waals surface area contributed by atoms with Crippen LogP contribution in [-0.4, -0.2) is 23.6 Å². The van der Waals surface area contributed by atoms with Crippen molar-refractivity contribution in [3.63, 3.8) is 0 Å². The van der Waals surface area contributed by atoms with Crippen LogP contribution in [0.4, 0.5) is 11.6 Å². The van der Waals surface area contributed by atoms with Crippen LogP contribution in [0.5, 0.6) is 0 Å². The summed E-state index contributed by atoms with van der Waals surface area (Å²) in [4.78, 5) is 8.48. The average Bonchev–Trinajstić information content (AvgIpc) is 2.79. The number of nitrogens with zero attached hydrogens (tertiary/aromatic N) is 2. The molecule has 2 rings (SSSR count). The van der Waals surface area contributed by atoms with Gasteiger partial charge in [-0.3, -0.25) is 4.98 Å². The zero-order valence-electron chi connectivity index (χ0n) is 9.16.